The Hall–Kier alpha value is -3.09. The van der Waals surface area contributed by atoms with Crippen LogP contribution >= 0.6 is 0 Å². The minimum atomic E-state index is -1.30. The van der Waals surface area contributed by atoms with Gasteiger partial charge in [-0.05, 0) is 6.07 Å². The number of para-hydroxylation sites is 1. The number of hydrogen-bond acceptors (Lipinski definition) is 3. The standard InChI is InChI=1S/C18H13F3N2O2/c1-23(2)17-11-5-3-4-10(16(11)22-8-13(17)18(24)25)12-6-9(19)7-14(20)15(12)21/h3-8H,1-2H3,(H,24,25). The molecule has 0 bridgehead atoms. The van der Waals surface area contributed by atoms with Crippen molar-refractivity contribution < 1.29 is 23.1 Å². The van der Waals surface area contributed by atoms with Gasteiger partial charge in [-0.3, -0.25) is 4.98 Å². The fraction of sp³-hybridized carbons (Fsp3) is 0.111. The monoisotopic (exact) mass is 346 g/mol. The van der Waals surface area contributed by atoms with Crippen molar-refractivity contribution in [2.45, 2.75) is 0 Å². The number of carbonyl (C=O) groups is 1. The molecule has 7 heteroatoms. The van der Waals surface area contributed by atoms with E-state index in [2.05, 4.69) is 4.98 Å². The van der Waals surface area contributed by atoms with E-state index in [0.29, 0.717) is 17.1 Å². The Labute approximate surface area is 141 Å². The van der Waals surface area contributed by atoms with Crippen molar-refractivity contribution in [2.24, 2.45) is 0 Å². The van der Waals surface area contributed by atoms with Crippen LogP contribution in [0.25, 0.3) is 22.0 Å². The Bertz CT molecular complexity index is 1000. The lowest BCUT2D eigenvalue weighted by atomic mass is 9.99. The lowest BCUT2D eigenvalue weighted by Crippen LogP contribution is -2.15. The SMILES string of the molecule is CN(C)c1c(C(=O)O)cnc2c(-c3cc(F)cc(F)c3F)cccc12. The van der Waals surface area contributed by atoms with Crippen LogP contribution in [0.4, 0.5) is 18.9 Å². The molecule has 1 aromatic heterocycles. The summed E-state index contributed by atoms with van der Waals surface area (Å²) in [5, 5.41) is 9.79. The Morgan fingerprint density at radius 2 is 1.84 bits per heavy atom. The number of hydrogen-bond donors (Lipinski definition) is 1. The van der Waals surface area contributed by atoms with Gasteiger partial charge in [0, 0.05) is 42.9 Å². The summed E-state index contributed by atoms with van der Waals surface area (Å²) in [6.45, 7) is 0. The molecule has 0 amide bonds. The molecule has 0 radical (unpaired) electrons. The van der Waals surface area contributed by atoms with Crippen LogP contribution < -0.4 is 4.90 Å². The molecule has 128 valence electrons. The number of anilines is 1. The first-order valence-corrected chi connectivity index (χ1v) is 7.28. The third kappa shape index (κ3) is 2.77. The molecule has 3 aromatic rings. The molecule has 0 saturated heterocycles. The summed E-state index contributed by atoms with van der Waals surface area (Å²) in [6, 6.07) is 6.01. The molecule has 25 heavy (non-hydrogen) atoms. The number of nitrogens with zero attached hydrogens (tertiary/aromatic N) is 2. The number of aromatic nitrogens is 1. The predicted molar refractivity (Wildman–Crippen MR) is 88.3 cm³/mol. The number of rotatable bonds is 3. The summed E-state index contributed by atoms with van der Waals surface area (Å²) in [5.41, 5.74) is 0.495. The smallest absolute Gasteiger partial charge is 0.339 e. The highest BCUT2D eigenvalue weighted by Gasteiger charge is 2.20. The molecule has 0 unspecified atom stereocenters. The largest absolute Gasteiger partial charge is 0.478 e. The van der Waals surface area contributed by atoms with Crippen molar-refractivity contribution in [1.29, 1.82) is 0 Å². The van der Waals surface area contributed by atoms with Gasteiger partial charge in [0.15, 0.2) is 11.6 Å². The first-order chi connectivity index (χ1) is 11.8. The normalized spacial score (nSPS) is 10.9. The highest BCUT2D eigenvalue weighted by atomic mass is 19.2. The highest BCUT2D eigenvalue weighted by Crippen LogP contribution is 2.36. The molecule has 0 aliphatic heterocycles. The van der Waals surface area contributed by atoms with Gasteiger partial charge in [-0.2, -0.15) is 0 Å². The number of carboxylic acids is 1. The van der Waals surface area contributed by atoms with Crippen LogP contribution in [0.2, 0.25) is 0 Å². The first-order valence-electron chi connectivity index (χ1n) is 7.28. The van der Waals surface area contributed by atoms with Crippen molar-refractivity contribution >= 4 is 22.6 Å². The second kappa shape index (κ2) is 6.08. The van der Waals surface area contributed by atoms with Crippen LogP contribution in [0, 0.1) is 17.5 Å². The summed E-state index contributed by atoms with van der Waals surface area (Å²) in [4.78, 5) is 17.1. The molecular formula is C18H13F3N2O2. The van der Waals surface area contributed by atoms with E-state index in [9.17, 15) is 23.1 Å². The van der Waals surface area contributed by atoms with Crippen LogP contribution in [-0.4, -0.2) is 30.2 Å². The van der Waals surface area contributed by atoms with Crippen molar-refractivity contribution in [3.63, 3.8) is 0 Å². The zero-order valence-electron chi connectivity index (χ0n) is 13.3. The fourth-order valence-corrected chi connectivity index (χ4v) is 2.82. The van der Waals surface area contributed by atoms with Crippen LogP contribution in [0.15, 0.2) is 36.5 Å². The van der Waals surface area contributed by atoms with Crippen molar-refractivity contribution in [1.82, 2.24) is 4.98 Å². The Kier molecular flexibility index (Phi) is 4.08. The van der Waals surface area contributed by atoms with Gasteiger partial charge in [0.1, 0.15) is 11.4 Å². The fourth-order valence-electron chi connectivity index (χ4n) is 2.82. The molecule has 0 atom stereocenters. The molecule has 0 spiro atoms. The van der Waals surface area contributed by atoms with Crippen LogP contribution in [-0.2, 0) is 0 Å². The third-order valence-electron chi connectivity index (χ3n) is 3.83. The number of halogens is 3. The summed E-state index contributed by atoms with van der Waals surface area (Å²) < 4.78 is 41.3. The van der Waals surface area contributed by atoms with E-state index in [1.807, 2.05) is 0 Å². The molecule has 0 saturated carbocycles. The van der Waals surface area contributed by atoms with E-state index in [4.69, 9.17) is 0 Å². The van der Waals surface area contributed by atoms with E-state index < -0.39 is 23.4 Å². The van der Waals surface area contributed by atoms with E-state index in [0.717, 1.165) is 12.3 Å². The van der Waals surface area contributed by atoms with E-state index >= 15 is 0 Å². The number of pyridine rings is 1. The number of aromatic carboxylic acids is 1. The number of carboxylic acid groups (broad SMARTS) is 1. The Morgan fingerprint density at radius 1 is 1.12 bits per heavy atom. The van der Waals surface area contributed by atoms with Crippen LogP contribution in [0.5, 0.6) is 0 Å². The predicted octanol–water partition coefficient (Wildman–Crippen LogP) is 4.08. The summed E-state index contributed by atoms with van der Waals surface area (Å²) in [7, 11) is 3.33. The van der Waals surface area contributed by atoms with Gasteiger partial charge in [0.05, 0.1) is 11.2 Å². The van der Waals surface area contributed by atoms with E-state index in [1.54, 1.807) is 31.1 Å². The zero-order valence-corrected chi connectivity index (χ0v) is 13.3. The molecule has 0 aliphatic rings. The van der Waals surface area contributed by atoms with Crippen molar-refractivity contribution in [3.8, 4) is 11.1 Å². The van der Waals surface area contributed by atoms with Crippen molar-refractivity contribution in [2.75, 3.05) is 19.0 Å². The van der Waals surface area contributed by atoms with Gasteiger partial charge in [-0.15, -0.1) is 0 Å². The average Bonchev–Trinajstić information content (AvgIpc) is 2.56. The maximum Gasteiger partial charge on any atom is 0.339 e. The highest BCUT2D eigenvalue weighted by molar-refractivity contribution is 6.08. The maximum absolute atomic E-state index is 14.2. The second-order valence-electron chi connectivity index (χ2n) is 5.67. The van der Waals surface area contributed by atoms with Gasteiger partial charge in [-0.25, -0.2) is 18.0 Å². The molecule has 0 aliphatic carbocycles. The first kappa shape index (κ1) is 16.8. The van der Waals surface area contributed by atoms with Crippen LogP contribution in [0.3, 0.4) is 0 Å². The quantitative estimate of drug-likeness (QED) is 0.726. The minimum absolute atomic E-state index is 0.0273. The van der Waals surface area contributed by atoms with E-state index in [1.165, 1.54) is 6.07 Å². The maximum atomic E-state index is 14.2. The molecule has 4 nitrogen and oxygen atoms in total. The Morgan fingerprint density at radius 3 is 2.48 bits per heavy atom. The van der Waals surface area contributed by atoms with E-state index in [-0.39, 0.29) is 22.2 Å². The van der Waals surface area contributed by atoms with Gasteiger partial charge in [0.25, 0.3) is 0 Å². The average molecular weight is 346 g/mol. The molecule has 2 aromatic carbocycles. The number of benzene rings is 2. The molecule has 3 rings (SSSR count). The lowest BCUT2D eigenvalue weighted by molar-refractivity contribution is 0.0697. The van der Waals surface area contributed by atoms with Gasteiger partial charge in [-0.1, -0.05) is 18.2 Å². The zero-order chi connectivity index (χ0) is 18.3. The molecule has 1 N–H and O–H groups in total. The van der Waals surface area contributed by atoms with Crippen LogP contribution in [0.1, 0.15) is 10.4 Å². The van der Waals surface area contributed by atoms with Gasteiger partial charge in [0.2, 0.25) is 0 Å². The number of fused-ring (bicyclic) bond motifs is 1. The summed E-state index contributed by atoms with van der Waals surface area (Å²) >= 11 is 0. The molecule has 1 heterocycles. The van der Waals surface area contributed by atoms with Gasteiger partial charge >= 0.3 is 5.97 Å². The topological polar surface area (TPSA) is 53.4 Å². The third-order valence-corrected chi connectivity index (χ3v) is 3.83. The van der Waals surface area contributed by atoms with Crippen molar-refractivity contribution in [3.05, 3.63) is 59.5 Å². The minimum Gasteiger partial charge on any atom is -0.478 e. The Balaban J connectivity index is 2.40. The summed E-state index contributed by atoms with van der Waals surface area (Å²) in [5.74, 6) is -4.57. The second-order valence-corrected chi connectivity index (χ2v) is 5.67. The summed E-state index contributed by atoms with van der Waals surface area (Å²) in [6.07, 6.45) is 1.15. The van der Waals surface area contributed by atoms with Gasteiger partial charge < -0.3 is 10.0 Å². The molecule has 0 fully saturated rings. The molecular weight excluding hydrogens is 333 g/mol. The lowest BCUT2D eigenvalue weighted by Gasteiger charge is -2.19.